The van der Waals surface area contributed by atoms with Crippen LogP contribution in [0.3, 0.4) is 0 Å². The van der Waals surface area contributed by atoms with E-state index in [1.165, 1.54) is 218 Å². The zero-order valence-corrected chi connectivity index (χ0v) is 50.9. The molecule has 1 rings (SSSR count). The molecule has 0 aliphatic carbocycles. The van der Waals surface area contributed by atoms with Gasteiger partial charge in [-0.3, -0.25) is 4.79 Å². The van der Waals surface area contributed by atoms with Crippen LogP contribution >= 0.6 is 0 Å². The molecule has 0 saturated carbocycles. The first-order valence-electron chi connectivity index (χ1n) is 33.5. The summed E-state index contributed by atoms with van der Waals surface area (Å²) in [7, 11) is 0. The van der Waals surface area contributed by atoms with Crippen LogP contribution in [-0.2, 0) is 14.3 Å². The normalized spacial score (nSPS) is 19.0. The van der Waals surface area contributed by atoms with Crippen molar-refractivity contribution in [3.05, 3.63) is 60.8 Å². The Morgan fingerprint density at radius 3 is 1.18 bits per heavy atom. The maximum atomic E-state index is 13.1. The predicted octanol–water partition coefficient (Wildman–Crippen LogP) is 17.8. The molecular formula is C69H127NO8. The maximum Gasteiger partial charge on any atom is 0.220 e. The van der Waals surface area contributed by atoms with Gasteiger partial charge in [-0.25, -0.2) is 0 Å². The number of hydrogen-bond donors (Lipinski definition) is 6. The second-order valence-corrected chi connectivity index (χ2v) is 23.2. The van der Waals surface area contributed by atoms with E-state index in [0.717, 1.165) is 70.6 Å². The molecule has 0 aromatic carbocycles. The Balaban J connectivity index is 2.12. The third kappa shape index (κ3) is 46.5. The minimum Gasteiger partial charge on any atom is -0.394 e. The Morgan fingerprint density at radius 1 is 0.449 bits per heavy atom. The highest BCUT2D eigenvalue weighted by Crippen LogP contribution is 2.24. The van der Waals surface area contributed by atoms with Crippen molar-refractivity contribution in [1.82, 2.24) is 5.32 Å². The van der Waals surface area contributed by atoms with Gasteiger partial charge in [-0.05, 0) is 57.8 Å². The van der Waals surface area contributed by atoms with E-state index >= 15 is 0 Å². The first-order valence-corrected chi connectivity index (χ1v) is 33.5. The molecule has 78 heavy (non-hydrogen) atoms. The molecule has 0 aromatic rings. The van der Waals surface area contributed by atoms with Crippen LogP contribution in [-0.4, -0.2) is 87.5 Å². The predicted molar refractivity (Wildman–Crippen MR) is 332 cm³/mol. The molecule has 1 aliphatic heterocycles. The van der Waals surface area contributed by atoms with Gasteiger partial charge in [0.2, 0.25) is 5.91 Å². The van der Waals surface area contributed by atoms with E-state index in [0.29, 0.717) is 12.8 Å². The molecule has 9 heteroatoms. The fraction of sp³-hybridized carbons (Fsp3) is 0.841. The lowest BCUT2D eigenvalue weighted by atomic mass is 9.99. The first-order chi connectivity index (χ1) is 38.3. The van der Waals surface area contributed by atoms with Crippen molar-refractivity contribution in [1.29, 1.82) is 0 Å². The molecule has 7 atom stereocenters. The Morgan fingerprint density at radius 2 is 0.795 bits per heavy atom. The average Bonchev–Trinajstić information content (AvgIpc) is 3.45. The van der Waals surface area contributed by atoms with Crippen molar-refractivity contribution in [3.63, 3.8) is 0 Å². The van der Waals surface area contributed by atoms with Crippen LogP contribution in [0.25, 0.3) is 0 Å². The smallest absolute Gasteiger partial charge is 0.220 e. The molecule has 7 unspecified atom stereocenters. The lowest BCUT2D eigenvalue weighted by Gasteiger charge is -2.40. The maximum absolute atomic E-state index is 13.1. The highest BCUT2D eigenvalue weighted by atomic mass is 16.7. The summed E-state index contributed by atoms with van der Waals surface area (Å²) in [5, 5.41) is 54.9. The van der Waals surface area contributed by atoms with E-state index in [1.807, 2.05) is 0 Å². The van der Waals surface area contributed by atoms with Gasteiger partial charge in [0.05, 0.1) is 25.4 Å². The Labute approximate surface area is 481 Å². The zero-order chi connectivity index (χ0) is 56.5. The zero-order valence-electron chi connectivity index (χ0n) is 50.9. The lowest BCUT2D eigenvalue weighted by Crippen LogP contribution is -2.60. The van der Waals surface area contributed by atoms with Crippen molar-refractivity contribution in [2.24, 2.45) is 0 Å². The van der Waals surface area contributed by atoms with Crippen molar-refractivity contribution in [3.8, 4) is 0 Å². The molecule has 456 valence electrons. The van der Waals surface area contributed by atoms with Crippen LogP contribution in [0.15, 0.2) is 60.8 Å². The van der Waals surface area contributed by atoms with Crippen LogP contribution in [0.5, 0.6) is 0 Å². The first kappa shape index (κ1) is 73.9. The number of aliphatic hydroxyl groups excluding tert-OH is 5. The molecule has 0 radical (unpaired) electrons. The van der Waals surface area contributed by atoms with Gasteiger partial charge in [0.25, 0.3) is 0 Å². The number of unbranched alkanes of at least 4 members (excludes halogenated alkanes) is 38. The molecule has 1 aliphatic rings. The van der Waals surface area contributed by atoms with Crippen molar-refractivity contribution in [2.75, 3.05) is 13.2 Å². The average molecular weight is 1100 g/mol. The number of rotatable bonds is 58. The van der Waals surface area contributed by atoms with Gasteiger partial charge in [0, 0.05) is 6.42 Å². The highest BCUT2D eigenvalue weighted by Gasteiger charge is 2.44. The number of carbonyl (C=O) groups is 1. The second kappa shape index (κ2) is 58.1. The van der Waals surface area contributed by atoms with E-state index in [1.54, 1.807) is 0 Å². The minimum absolute atomic E-state index is 0.136. The third-order valence-electron chi connectivity index (χ3n) is 15.9. The fourth-order valence-electron chi connectivity index (χ4n) is 10.7. The molecule has 1 amide bonds. The van der Waals surface area contributed by atoms with Crippen LogP contribution in [0.2, 0.25) is 0 Å². The quantitative estimate of drug-likeness (QED) is 0.0261. The van der Waals surface area contributed by atoms with Gasteiger partial charge < -0.3 is 40.3 Å². The van der Waals surface area contributed by atoms with Crippen molar-refractivity contribution in [2.45, 2.75) is 358 Å². The topological polar surface area (TPSA) is 149 Å². The van der Waals surface area contributed by atoms with Crippen molar-refractivity contribution >= 4 is 5.91 Å². The summed E-state index contributed by atoms with van der Waals surface area (Å²) in [4.78, 5) is 13.1. The molecule has 9 nitrogen and oxygen atoms in total. The molecule has 0 aromatic heterocycles. The summed E-state index contributed by atoms with van der Waals surface area (Å²) >= 11 is 0. The molecule has 6 N–H and O–H groups in total. The summed E-state index contributed by atoms with van der Waals surface area (Å²) < 4.78 is 11.4. The molecule has 1 heterocycles. The molecular weight excluding hydrogens is 971 g/mol. The van der Waals surface area contributed by atoms with E-state index in [4.69, 9.17) is 9.47 Å². The van der Waals surface area contributed by atoms with Gasteiger partial charge in [-0.1, -0.05) is 312 Å². The minimum atomic E-state index is -1.55. The Hall–Kier alpha value is -2.11. The van der Waals surface area contributed by atoms with Crippen LogP contribution in [0.4, 0.5) is 0 Å². The highest BCUT2D eigenvalue weighted by molar-refractivity contribution is 5.76. The number of nitrogens with one attached hydrogen (secondary N) is 1. The number of allylic oxidation sites excluding steroid dienone is 10. The van der Waals surface area contributed by atoms with E-state index in [-0.39, 0.29) is 12.5 Å². The van der Waals surface area contributed by atoms with Gasteiger partial charge in [-0.2, -0.15) is 0 Å². The van der Waals surface area contributed by atoms with E-state index < -0.39 is 49.5 Å². The lowest BCUT2D eigenvalue weighted by molar-refractivity contribution is -0.302. The Kier molecular flexibility index (Phi) is 55.0. The largest absolute Gasteiger partial charge is 0.394 e. The number of carbonyl (C=O) groups excluding carboxylic acids is 1. The summed E-state index contributed by atoms with van der Waals surface area (Å²) in [5.41, 5.74) is 0. The SMILES string of the molecule is CC/C=C\C/C=C\C/C=C\C/C=C\C/C=C\CCCCCCCCCCCCCCCCCCCC(=O)NC(COC1OC(CO)C(O)C(O)C1O)C(O)CCCCCCCCCCCCCCCCCCCCCCCC. The van der Waals surface area contributed by atoms with E-state index in [2.05, 4.69) is 79.9 Å². The number of aliphatic hydroxyl groups is 5. The fourth-order valence-corrected chi connectivity index (χ4v) is 10.7. The molecule has 1 fully saturated rings. The van der Waals surface area contributed by atoms with Gasteiger partial charge >= 0.3 is 0 Å². The number of amides is 1. The summed E-state index contributed by atoms with van der Waals surface area (Å²) in [6.07, 6.45) is 72.7. The van der Waals surface area contributed by atoms with Gasteiger partial charge in [0.15, 0.2) is 6.29 Å². The molecule has 0 spiro atoms. The third-order valence-corrected chi connectivity index (χ3v) is 15.9. The Bertz CT molecular complexity index is 1410. The van der Waals surface area contributed by atoms with Gasteiger partial charge in [0.1, 0.15) is 24.4 Å². The van der Waals surface area contributed by atoms with Gasteiger partial charge in [-0.15, -0.1) is 0 Å². The second-order valence-electron chi connectivity index (χ2n) is 23.2. The summed E-state index contributed by atoms with van der Waals surface area (Å²) in [6.45, 7) is 3.76. The molecule has 0 bridgehead atoms. The summed E-state index contributed by atoms with van der Waals surface area (Å²) in [5.74, 6) is -0.140. The van der Waals surface area contributed by atoms with Crippen LogP contribution in [0, 0.1) is 0 Å². The standard InChI is InChI=1S/C69H127NO8/c1-3-5-7-9-11-13-15-17-19-21-23-25-27-28-29-30-31-32-33-34-35-36-37-39-41-43-45-47-49-51-53-55-57-59-65(73)70-62(61-77-69-68(76)67(75)66(74)64(60-71)78-69)63(72)58-56-54-52-50-48-46-44-42-40-38-26-24-22-20-18-16-14-12-10-8-6-4-2/h5,7,11,13,17,19,23,25,28-29,62-64,66-69,71-72,74-76H,3-4,6,8-10,12,14-16,18,20-22,24,26-27,30-61H2,1-2H3,(H,70,73)/b7-5-,13-11-,19-17-,25-23-,29-28-. The van der Waals surface area contributed by atoms with E-state index in [9.17, 15) is 30.3 Å². The number of ether oxygens (including phenoxy) is 2. The summed E-state index contributed by atoms with van der Waals surface area (Å²) in [6, 6.07) is -0.721. The number of hydrogen-bond acceptors (Lipinski definition) is 8. The van der Waals surface area contributed by atoms with Crippen LogP contribution in [0.1, 0.15) is 316 Å². The van der Waals surface area contributed by atoms with Crippen LogP contribution < -0.4 is 5.32 Å². The van der Waals surface area contributed by atoms with Crippen molar-refractivity contribution < 1.29 is 39.8 Å². The molecule has 1 saturated heterocycles. The monoisotopic (exact) mass is 1100 g/mol.